The van der Waals surface area contributed by atoms with Crippen LogP contribution in [-0.4, -0.2) is 25.3 Å². The summed E-state index contributed by atoms with van der Waals surface area (Å²) in [5, 5.41) is 3.46. The highest BCUT2D eigenvalue weighted by Crippen LogP contribution is 2.22. The Balaban J connectivity index is 2.03. The average Bonchev–Trinajstić information content (AvgIpc) is 1.76. The molecule has 0 amide bonds. The fourth-order valence-corrected chi connectivity index (χ4v) is 1.37. The van der Waals surface area contributed by atoms with Crippen LogP contribution in [0.5, 0.6) is 0 Å². The number of hydrogen-bond acceptors (Lipinski definition) is 2. The predicted molar refractivity (Wildman–Crippen MR) is 42.1 cm³/mol. The summed E-state index contributed by atoms with van der Waals surface area (Å²) in [6.45, 7) is 4.36. The van der Waals surface area contributed by atoms with Gasteiger partial charge in [0.1, 0.15) is 0 Å². The van der Waals surface area contributed by atoms with Crippen LogP contribution in [0.15, 0.2) is 0 Å². The van der Waals surface area contributed by atoms with Crippen LogP contribution in [0.3, 0.4) is 0 Å². The van der Waals surface area contributed by atoms with E-state index in [1.165, 1.54) is 12.8 Å². The minimum absolute atomic E-state index is 0.524. The Hall–Kier alpha value is -0.0800. The second-order valence-corrected chi connectivity index (χ2v) is 3.35. The fraction of sp³-hybridized carbons (Fsp3) is 1.00. The van der Waals surface area contributed by atoms with Gasteiger partial charge in [-0.15, -0.1) is 0 Å². The molecule has 1 saturated carbocycles. The first-order chi connectivity index (χ1) is 4.72. The third kappa shape index (κ3) is 1.96. The molecule has 1 N–H and O–H groups in total. The van der Waals surface area contributed by atoms with Gasteiger partial charge in [0.25, 0.3) is 0 Å². The van der Waals surface area contributed by atoms with Gasteiger partial charge in [-0.3, -0.25) is 0 Å². The van der Waals surface area contributed by atoms with Crippen molar-refractivity contribution in [2.75, 3.05) is 7.11 Å². The zero-order chi connectivity index (χ0) is 7.56. The number of ether oxygens (including phenoxy) is 1. The topological polar surface area (TPSA) is 21.3 Å². The molecule has 0 aromatic rings. The molecule has 10 heavy (non-hydrogen) atoms. The van der Waals surface area contributed by atoms with Crippen molar-refractivity contribution in [2.24, 2.45) is 0 Å². The van der Waals surface area contributed by atoms with E-state index < -0.39 is 0 Å². The van der Waals surface area contributed by atoms with E-state index in [2.05, 4.69) is 19.2 Å². The van der Waals surface area contributed by atoms with E-state index in [0.29, 0.717) is 18.2 Å². The van der Waals surface area contributed by atoms with E-state index in [4.69, 9.17) is 4.74 Å². The Morgan fingerprint density at radius 2 is 2.00 bits per heavy atom. The standard InChI is InChI=1S/C8H17NO/c1-6(2)9-7-4-8(5-7)10-3/h6-9H,4-5H2,1-3H3/t7-,8+. The highest BCUT2D eigenvalue weighted by atomic mass is 16.5. The highest BCUT2D eigenvalue weighted by molar-refractivity contribution is 4.86. The average molecular weight is 143 g/mol. The predicted octanol–water partition coefficient (Wildman–Crippen LogP) is 1.16. The molecule has 1 aliphatic carbocycles. The zero-order valence-corrected chi connectivity index (χ0v) is 7.05. The second-order valence-electron chi connectivity index (χ2n) is 3.35. The summed E-state index contributed by atoms with van der Waals surface area (Å²) in [6, 6.07) is 1.33. The molecule has 2 heteroatoms. The minimum atomic E-state index is 0.524. The van der Waals surface area contributed by atoms with Gasteiger partial charge in [0.15, 0.2) is 0 Å². The monoisotopic (exact) mass is 143 g/mol. The third-order valence-electron chi connectivity index (χ3n) is 2.00. The van der Waals surface area contributed by atoms with Gasteiger partial charge in [0.05, 0.1) is 6.10 Å². The second kappa shape index (κ2) is 3.35. The fourth-order valence-electron chi connectivity index (χ4n) is 1.37. The molecule has 0 saturated heterocycles. The number of nitrogens with one attached hydrogen (secondary N) is 1. The van der Waals surface area contributed by atoms with Crippen LogP contribution < -0.4 is 5.32 Å². The van der Waals surface area contributed by atoms with E-state index >= 15 is 0 Å². The molecule has 60 valence electrons. The molecule has 1 fully saturated rings. The molecule has 1 rings (SSSR count). The lowest BCUT2D eigenvalue weighted by Crippen LogP contribution is -2.47. The van der Waals surface area contributed by atoms with Gasteiger partial charge >= 0.3 is 0 Å². The van der Waals surface area contributed by atoms with Gasteiger partial charge in [-0.2, -0.15) is 0 Å². The van der Waals surface area contributed by atoms with Crippen molar-refractivity contribution in [2.45, 2.75) is 44.9 Å². The molecule has 0 aliphatic heterocycles. The maximum absolute atomic E-state index is 5.16. The molecule has 0 spiro atoms. The normalized spacial score (nSPS) is 32.4. The van der Waals surface area contributed by atoms with Crippen LogP contribution in [0.2, 0.25) is 0 Å². The number of rotatable bonds is 3. The summed E-state index contributed by atoms with van der Waals surface area (Å²) >= 11 is 0. The van der Waals surface area contributed by atoms with Gasteiger partial charge < -0.3 is 10.1 Å². The summed E-state index contributed by atoms with van der Waals surface area (Å²) in [5.74, 6) is 0. The minimum Gasteiger partial charge on any atom is -0.381 e. The SMILES string of the molecule is CO[C@H]1C[C@@H](NC(C)C)C1. The van der Waals surface area contributed by atoms with Crippen LogP contribution in [0.25, 0.3) is 0 Å². The molecule has 0 heterocycles. The molecule has 0 atom stereocenters. The van der Waals surface area contributed by atoms with Gasteiger partial charge in [0, 0.05) is 19.2 Å². The largest absolute Gasteiger partial charge is 0.381 e. The van der Waals surface area contributed by atoms with Gasteiger partial charge in [-0.1, -0.05) is 13.8 Å². The lowest BCUT2D eigenvalue weighted by atomic mass is 9.89. The Labute approximate surface area is 63.0 Å². The number of methoxy groups -OCH3 is 1. The van der Waals surface area contributed by atoms with E-state index in [0.717, 1.165) is 0 Å². The summed E-state index contributed by atoms with van der Waals surface area (Å²) in [6.07, 6.45) is 2.90. The van der Waals surface area contributed by atoms with Crippen molar-refractivity contribution in [3.63, 3.8) is 0 Å². The molecule has 1 aliphatic rings. The maximum Gasteiger partial charge on any atom is 0.0601 e. The Kier molecular flexibility index (Phi) is 2.69. The van der Waals surface area contributed by atoms with Crippen LogP contribution in [0, 0.1) is 0 Å². The highest BCUT2D eigenvalue weighted by Gasteiger charge is 2.28. The van der Waals surface area contributed by atoms with Crippen LogP contribution in [0.1, 0.15) is 26.7 Å². The van der Waals surface area contributed by atoms with E-state index in [-0.39, 0.29) is 0 Å². The number of hydrogen-bond donors (Lipinski definition) is 1. The third-order valence-corrected chi connectivity index (χ3v) is 2.00. The maximum atomic E-state index is 5.16. The van der Waals surface area contributed by atoms with Crippen molar-refractivity contribution in [3.05, 3.63) is 0 Å². The van der Waals surface area contributed by atoms with Crippen LogP contribution in [0.4, 0.5) is 0 Å². The summed E-state index contributed by atoms with van der Waals surface area (Å²) < 4.78 is 5.16. The summed E-state index contributed by atoms with van der Waals surface area (Å²) in [7, 11) is 1.79. The first-order valence-electron chi connectivity index (χ1n) is 4.01. The smallest absolute Gasteiger partial charge is 0.0601 e. The van der Waals surface area contributed by atoms with Crippen molar-refractivity contribution in [3.8, 4) is 0 Å². The summed E-state index contributed by atoms with van der Waals surface area (Å²) in [5.41, 5.74) is 0. The quantitative estimate of drug-likeness (QED) is 0.640. The molecule has 2 nitrogen and oxygen atoms in total. The first kappa shape index (κ1) is 8.02. The Morgan fingerprint density at radius 3 is 2.40 bits per heavy atom. The van der Waals surface area contributed by atoms with Crippen molar-refractivity contribution in [1.82, 2.24) is 5.32 Å². The van der Waals surface area contributed by atoms with E-state index in [9.17, 15) is 0 Å². The lowest BCUT2D eigenvalue weighted by molar-refractivity contribution is 0.0154. The molecule has 0 unspecified atom stereocenters. The van der Waals surface area contributed by atoms with Crippen LogP contribution >= 0.6 is 0 Å². The van der Waals surface area contributed by atoms with Crippen molar-refractivity contribution >= 4 is 0 Å². The van der Waals surface area contributed by atoms with Gasteiger partial charge in [-0.25, -0.2) is 0 Å². The zero-order valence-electron chi connectivity index (χ0n) is 7.05. The van der Waals surface area contributed by atoms with Gasteiger partial charge in [-0.05, 0) is 12.8 Å². The van der Waals surface area contributed by atoms with Crippen LogP contribution in [-0.2, 0) is 4.74 Å². The molecule has 0 radical (unpaired) electrons. The molecule has 0 aromatic carbocycles. The van der Waals surface area contributed by atoms with Gasteiger partial charge in [0.2, 0.25) is 0 Å². The van der Waals surface area contributed by atoms with E-state index in [1.54, 1.807) is 7.11 Å². The molecular formula is C8H17NO. The summed E-state index contributed by atoms with van der Waals surface area (Å²) in [4.78, 5) is 0. The first-order valence-corrected chi connectivity index (χ1v) is 4.01. The Morgan fingerprint density at radius 1 is 1.40 bits per heavy atom. The Bertz CT molecular complexity index is 97.4. The molecule has 0 bridgehead atoms. The van der Waals surface area contributed by atoms with Crippen molar-refractivity contribution < 1.29 is 4.74 Å². The van der Waals surface area contributed by atoms with E-state index in [1.807, 2.05) is 0 Å². The van der Waals surface area contributed by atoms with Crippen molar-refractivity contribution in [1.29, 1.82) is 0 Å². The lowest BCUT2D eigenvalue weighted by Gasteiger charge is -2.36. The molecular weight excluding hydrogens is 126 g/mol. The molecule has 0 aromatic heterocycles.